The fourth-order valence-corrected chi connectivity index (χ4v) is 5.34. The van der Waals surface area contributed by atoms with E-state index in [9.17, 15) is 0 Å². The van der Waals surface area contributed by atoms with E-state index in [1.807, 2.05) is 0 Å². The molecule has 132 valence electrons. The van der Waals surface area contributed by atoms with Crippen LogP contribution in [0.1, 0.15) is 31.2 Å². The summed E-state index contributed by atoms with van der Waals surface area (Å²) in [5.41, 5.74) is 2.06. The molecule has 1 N–H and O–H groups in total. The third-order valence-electron chi connectivity index (χ3n) is 6.57. The van der Waals surface area contributed by atoms with Crippen LogP contribution in [0.4, 0.5) is 0 Å². The second kappa shape index (κ2) is 7.06. The summed E-state index contributed by atoms with van der Waals surface area (Å²) in [4.78, 5) is 5.06. The average Bonchev–Trinajstić information content (AvgIpc) is 3.22. The zero-order chi connectivity index (χ0) is 16.6. The fraction of sp³-hybridized carbons (Fsp3) is 0.700. The first-order chi connectivity index (χ1) is 11.7. The monoisotopic (exact) mass is 391 g/mol. The van der Waals surface area contributed by atoms with Crippen molar-refractivity contribution < 1.29 is 0 Å². The maximum atomic E-state index is 3.88. The second-order valence-electron chi connectivity index (χ2n) is 8.07. The molecule has 4 heteroatoms. The Hall–Kier alpha value is -0.420. The molecule has 3 atom stereocenters. The molecule has 1 aromatic rings. The van der Waals surface area contributed by atoms with E-state index in [0.29, 0.717) is 5.41 Å². The van der Waals surface area contributed by atoms with Gasteiger partial charge in [-0.2, -0.15) is 0 Å². The van der Waals surface area contributed by atoms with Crippen molar-refractivity contribution in [2.24, 2.45) is 5.92 Å². The van der Waals surface area contributed by atoms with Gasteiger partial charge in [0, 0.05) is 42.1 Å². The number of rotatable bonds is 6. The first-order valence-electron chi connectivity index (χ1n) is 9.58. The number of hydrogen-bond acceptors (Lipinski definition) is 3. The first-order valence-corrected chi connectivity index (χ1v) is 10.4. The van der Waals surface area contributed by atoms with E-state index in [1.54, 1.807) is 5.56 Å². The van der Waals surface area contributed by atoms with Gasteiger partial charge in [-0.15, -0.1) is 0 Å². The molecule has 3 aliphatic rings. The Morgan fingerprint density at radius 1 is 1.25 bits per heavy atom. The molecule has 1 heterocycles. The van der Waals surface area contributed by atoms with Gasteiger partial charge in [-0.25, -0.2) is 0 Å². The number of nitrogens with zero attached hydrogens (tertiary/aromatic N) is 2. The molecule has 2 saturated carbocycles. The Kier molecular flexibility index (Phi) is 5.01. The molecule has 3 nitrogen and oxygen atoms in total. The van der Waals surface area contributed by atoms with Crippen molar-refractivity contribution in [3.63, 3.8) is 0 Å². The summed E-state index contributed by atoms with van der Waals surface area (Å²) in [6.07, 6.45) is 5.40. The summed E-state index contributed by atoms with van der Waals surface area (Å²) >= 11 is 3.64. The van der Waals surface area contributed by atoms with Gasteiger partial charge in [0.15, 0.2) is 0 Å². The molecular formula is C20H30BrN3. The standard InChI is InChI=1S/C20H30BrN3/c1-23-10-12-24(13-11-23)9-3-8-22-19-6-7-20(15-18(19)20)16-4-2-5-17(21)14-16/h2,4-5,14,18-19,22H,3,6-13,15H2,1H3/t18?,19?,20-/m1/s1. The molecule has 2 aliphatic carbocycles. The van der Waals surface area contributed by atoms with Crippen molar-refractivity contribution in [3.8, 4) is 0 Å². The predicted octanol–water partition coefficient (Wildman–Crippen LogP) is 3.10. The van der Waals surface area contributed by atoms with Gasteiger partial charge in [0.2, 0.25) is 0 Å². The maximum Gasteiger partial charge on any atom is 0.0178 e. The lowest BCUT2D eigenvalue weighted by Crippen LogP contribution is -2.45. The van der Waals surface area contributed by atoms with Gasteiger partial charge in [0.05, 0.1) is 0 Å². The Labute approximate surface area is 154 Å². The van der Waals surface area contributed by atoms with E-state index in [1.165, 1.54) is 69.4 Å². The van der Waals surface area contributed by atoms with E-state index in [0.717, 1.165) is 12.0 Å². The van der Waals surface area contributed by atoms with Crippen LogP contribution in [-0.2, 0) is 5.41 Å². The highest BCUT2D eigenvalue weighted by atomic mass is 79.9. The van der Waals surface area contributed by atoms with Gasteiger partial charge in [-0.05, 0) is 69.4 Å². The number of piperazine rings is 1. The third kappa shape index (κ3) is 3.44. The lowest BCUT2D eigenvalue weighted by molar-refractivity contribution is 0.152. The van der Waals surface area contributed by atoms with Gasteiger partial charge in [0.1, 0.15) is 0 Å². The molecule has 1 aromatic carbocycles. The normalized spacial score (nSPS) is 33.6. The molecule has 1 saturated heterocycles. The second-order valence-corrected chi connectivity index (χ2v) is 8.99. The molecule has 0 amide bonds. The van der Waals surface area contributed by atoms with E-state index < -0.39 is 0 Å². The molecule has 3 fully saturated rings. The molecule has 24 heavy (non-hydrogen) atoms. The Morgan fingerprint density at radius 2 is 2.08 bits per heavy atom. The Morgan fingerprint density at radius 3 is 2.83 bits per heavy atom. The number of likely N-dealkylation sites (N-methyl/N-ethyl adjacent to an activating group) is 1. The quantitative estimate of drug-likeness (QED) is 0.751. The highest BCUT2D eigenvalue weighted by molar-refractivity contribution is 9.10. The smallest absolute Gasteiger partial charge is 0.0178 e. The van der Waals surface area contributed by atoms with Crippen LogP contribution < -0.4 is 5.32 Å². The number of hydrogen-bond donors (Lipinski definition) is 1. The molecule has 0 aromatic heterocycles. The van der Waals surface area contributed by atoms with Gasteiger partial charge < -0.3 is 15.1 Å². The van der Waals surface area contributed by atoms with Crippen LogP contribution in [0.2, 0.25) is 0 Å². The molecule has 2 unspecified atom stereocenters. The SMILES string of the molecule is CN1CCN(CCCNC2CC[C@]3(c4cccc(Br)c4)CC23)CC1. The van der Waals surface area contributed by atoms with Crippen LogP contribution in [0.25, 0.3) is 0 Å². The van der Waals surface area contributed by atoms with Gasteiger partial charge >= 0.3 is 0 Å². The van der Waals surface area contributed by atoms with Crippen LogP contribution in [0.5, 0.6) is 0 Å². The molecule has 0 spiro atoms. The summed E-state index contributed by atoms with van der Waals surface area (Å²) in [7, 11) is 2.23. The number of fused-ring (bicyclic) bond motifs is 1. The Bertz CT molecular complexity index is 570. The lowest BCUT2D eigenvalue weighted by Gasteiger charge is -2.32. The van der Waals surface area contributed by atoms with Crippen molar-refractivity contribution in [1.82, 2.24) is 15.1 Å². The van der Waals surface area contributed by atoms with E-state index in [4.69, 9.17) is 0 Å². The first kappa shape index (κ1) is 17.0. The number of nitrogens with one attached hydrogen (secondary N) is 1. The van der Waals surface area contributed by atoms with Crippen molar-refractivity contribution >= 4 is 15.9 Å². The van der Waals surface area contributed by atoms with Crippen molar-refractivity contribution in [2.45, 2.75) is 37.1 Å². The molecule has 1 aliphatic heterocycles. The van der Waals surface area contributed by atoms with Crippen LogP contribution >= 0.6 is 15.9 Å². The molecular weight excluding hydrogens is 362 g/mol. The van der Waals surface area contributed by atoms with E-state index in [-0.39, 0.29) is 0 Å². The van der Waals surface area contributed by atoms with Crippen molar-refractivity contribution in [2.75, 3.05) is 46.3 Å². The fourth-order valence-electron chi connectivity index (χ4n) is 4.94. The molecule has 0 radical (unpaired) electrons. The lowest BCUT2D eigenvalue weighted by atomic mass is 9.93. The van der Waals surface area contributed by atoms with Crippen LogP contribution in [0.3, 0.4) is 0 Å². The van der Waals surface area contributed by atoms with Gasteiger partial charge in [0.25, 0.3) is 0 Å². The summed E-state index contributed by atoms with van der Waals surface area (Å²) in [6, 6.07) is 9.76. The van der Waals surface area contributed by atoms with Crippen molar-refractivity contribution in [1.29, 1.82) is 0 Å². The van der Waals surface area contributed by atoms with Crippen LogP contribution in [0.15, 0.2) is 28.7 Å². The van der Waals surface area contributed by atoms with Crippen molar-refractivity contribution in [3.05, 3.63) is 34.3 Å². The minimum atomic E-state index is 0.499. The third-order valence-corrected chi connectivity index (χ3v) is 7.07. The van der Waals surface area contributed by atoms with Gasteiger partial charge in [-0.3, -0.25) is 0 Å². The minimum Gasteiger partial charge on any atom is -0.314 e. The summed E-state index contributed by atoms with van der Waals surface area (Å²) in [5.74, 6) is 0.871. The summed E-state index contributed by atoms with van der Waals surface area (Å²) in [5, 5.41) is 3.88. The predicted molar refractivity (Wildman–Crippen MR) is 104 cm³/mol. The zero-order valence-corrected chi connectivity index (χ0v) is 16.4. The number of halogens is 1. The zero-order valence-electron chi connectivity index (χ0n) is 14.8. The van der Waals surface area contributed by atoms with E-state index in [2.05, 4.69) is 62.4 Å². The molecule has 4 rings (SSSR count). The Balaban J connectivity index is 1.21. The van der Waals surface area contributed by atoms with Crippen LogP contribution in [0, 0.1) is 5.92 Å². The number of benzene rings is 1. The average molecular weight is 392 g/mol. The maximum absolute atomic E-state index is 3.88. The van der Waals surface area contributed by atoms with E-state index >= 15 is 0 Å². The topological polar surface area (TPSA) is 18.5 Å². The highest BCUT2D eigenvalue weighted by Gasteiger charge is 2.62. The summed E-state index contributed by atoms with van der Waals surface area (Å²) < 4.78 is 1.23. The summed E-state index contributed by atoms with van der Waals surface area (Å²) in [6.45, 7) is 7.39. The largest absolute Gasteiger partial charge is 0.314 e. The van der Waals surface area contributed by atoms with Crippen LogP contribution in [-0.4, -0.2) is 62.2 Å². The van der Waals surface area contributed by atoms with Gasteiger partial charge in [-0.1, -0.05) is 28.1 Å². The minimum absolute atomic E-state index is 0.499. The highest BCUT2D eigenvalue weighted by Crippen LogP contribution is 2.64. The molecule has 0 bridgehead atoms.